The largest absolute Gasteiger partial charge is 0.416 e. The van der Waals surface area contributed by atoms with Crippen molar-refractivity contribution in [3.8, 4) is 0 Å². The molecule has 1 aromatic carbocycles. The smallest absolute Gasteiger partial charge is 0.351 e. The van der Waals surface area contributed by atoms with Gasteiger partial charge in [-0.05, 0) is 42.7 Å². The zero-order valence-corrected chi connectivity index (χ0v) is 13.6. The number of rotatable bonds is 5. The highest BCUT2D eigenvalue weighted by atomic mass is 19.4. The van der Waals surface area contributed by atoms with E-state index in [9.17, 15) is 22.8 Å². The molecular formula is C18H16F3N3O2. The van der Waals surface area contributed by atoms with Gasteiger partial charge in [-0.15, -0.1) is 0 Å². The van der Waals surface area contributed by atoms with Gasteiger partial charge in [-0.25, -0.2) is 0 Å². The van der Waals surface area contributed by atoms with E-state index < -0.39 is 29.0 Å². The van der Waals surface area contributed by atoms with Crippen LogP contribution in [-0.4, -0.2) is 16.8 Å². The number of anilines is 1. The summed E-state index contributed by atoms with van der Waals surface area (Å²) in [5, 5.41) is 5.11. The highest BCUT2D eigenvalue weighted by Gasteiger charge is 2.56. The van der Waals surface area contributed by atoms with Crippen molar-refractivity contribution in [3.63, 3.8) is 0 Å². The van der Waals surface area contributed by atoms with Crippen LogP contribution in [0.1, 0.15) is 24.0 Å². The van der Waals surface area contributed by atoms with Gasteiger partial charge in [-0.1, -0.05) is 12.1 Å². The Hall–Kier alpha value is -2.90. The van der Waals surface area contributed by atoms with Crippen LogP contribution in [0.2, 0.25) is 0 Å². The van der Waals surface area contributed by atoms with Crippen LogP contribution in [0, 0.1) is 5.41 Å². The Morgan fingerprint density at radius 1 is 1.12 bits per heavy atom. The minimum absolute atomic E-state index is 0.0103. The molecule has 8 heteroatoms. The standard InChI is InChI=1S/C18H16F3N3O2/c19-18(20,21)13-4-1-5-14(9-13)24-16(26)17(6-7-17)15(25)23-11-12-3-2-8-22-10-12/h1-5,8-10H,6-7,11H2,(H,23,25)(H,24,26). The van der Waals surface area contributed by atoms with Gasteiger partial charge in [0.25, 0.3) is 0 Å². The van der Waals surface area contributed by atoms with Crippen LogP contribution in [0.4, 0.5) is 18.9 Å². The van der Waals surface area contributed by atoms with Crippen LogP contribution in [-0.2, 0) is 22.3 Å². The van der Waals surface area contributed by atoms with Gasteiger partial charge in [0, 0.05) is 24.6 Å². The molecular weight excluding hydrogens is 347 g/mol. The van der Waals surface area contributed by atoms with Gasteiger partial charge >= 0.3 is 6.18 Å². The average Bonchev–Trinajstić information content (AvgIpc) is 3.42. The van der Waals surface area contributed by atoms with Crippen molar-refractivity contribution < 1.29 is 22.8 Å². The van der Waals surface area contributed by atoms with Gasteiger partial charge in [0.05, 0.1) is 5.56 Å². The van der Waals surface area contributed by atoms with E-state index in [1.165, 1.54) is 12.1 Å². The molecule has 1 heterocycles. The zero-order chi connectivity index (χ0) is 18.8. The molecule has 3 rings (SSSR count). The molecule has 5 nitrogen and oxygen atoms in total. The second-order valence-corrected chi connectivity index (χ2v) is 6.16. The predicted molar refractivity (Wildman–Crippen MR) is 87.8 cm³/mol. The van der Waals surface area contributed by atoms with Crippen LogP contribution in [0.25, 0.3) is 0 Å². The first-order valence-electron chi connectivity index (χ1n) is 7.97. The second-order valence-electron chi connectivity index (χ2n) is 6.16. The maximum Gasteiger partial charge on any atom is 0.416 e. The van der Waals surface area contributed by atoms with E-state index in [2.05, 4.69) is 15.6 Å². The summed E-state index contributed by atoms with van der Waals surface area (Å²) in [6.45, 7) is 0.227. The first kappa shape index (κ1) is 17.9. The maximum atomic E-state index is 12.8. The molecule has 2 aromatic rings. The number of hydrogen-bond donors (Lipinski definition) is 2. The molecule has 0 bridgehead atoms. The van der Waals surface area contributed by atoms with Crippen molar-refractivity contribution in [2.45, 2.75) is 25.6 Å². The summed E-state index contributed by atoms with van der Waals surface area (Å²) in [4.78, 5) is 28.8. The minimum atomic E-state index is -4.50. The molecule has 1 saturated carbocycles. The molecule has 1 aliphatic rings. The lowest BCUT2D eigenvalue weighted by Crippen LogP contribution is -2.39. The van der Waals surface area contributed by atoms with Crippen molar-refractivity contribution >= 4 is 17.5 Å². The Labute approximate surface area is 147 Å². The number of aromatic nitrogens is 1. The lowest BCUT2D eigenvalue weighted by Gasteiger charge is -2.16. The van der Waals surface area contributed by atoms with Gasteiger partial charge in [-0.2, -0.15) is 13.2 Å². The van der Waals surface area contributed by atoms with Gasteiger partial charge in [0.1, 0.15) is 5.41 Å². The number of carbonyl (C=O) groups is 2. The molecule has 136 valence electrons. The summed E-state index contributed by atoms with van der Waals surface area (Å²) in [7, 11) is 0. The topological polar surface area (TPSA) is 71.1 Å². The number of nitrogens with zero attached hydrogens (tertiary/aromatic N) is 1. The molecule has 0 radical (unpaired) electrons. The Morgan fingerprint density at radius 3 is 2.50 bits per heavy atom. The van der Waals surface area contributed by atoms with E-state index >= 15 is 0 Å². The van der Waals surface area contributed by atoms with Crippen molar-refractivity contribution in [1.82, 2.24) is 10.3 Å². The fourth-order valence-corrected chi connectivity index (χ4v) is 2.56. The van der Waals surface area contributed by atoms with Crippen LogP contribution in [0.3, 0.4) is 0 Å². The summed E-state index contributed by atoms with van der Waals surface area (Å²) < 4.78 is 38.3. The minimum Gasteiger partial charge on any atom is -0.351 e. The first-order chi connectivity index (χ1) is 12.3. The molecule has 0 saturated heterocycles. The number of benzene rings is 1. The summed E-state index contributed by atoms with van der Waals surface area (Å²) in [5.41, 5.74) is -1.29. The number of pyridine rings is 1. The lowest BCUT2D eigenvalue weighted by molar-refractivity contribution is -0.138. The zero-order valence-electron chi connectivity index (χ0n) is 13.6. The summed E-state index contributed by atoms with van der Waals surface area (Å²) in [6, 6.07) is 7.85. The Bertz CT molecular complexity index is 818. The number of carbonyl (C=O) groups excluding carboxylic acids is 2. The van der Waals surface area contributed by atoms with Crippen molar-refractivity contribution in [3.05, 3.63) is 59.9 Å². The van der Waals surface area contributed by atoms with Crippen molar-refractivity contribution in [2.75, 3.05) is 5.32 Å². The van der Waals surface area contributed by atoms with E-state index in [-0.39, 0.29) is 12.2 Å². The molecule has 1 fully saturated rings. The van der Waals surface area contributed by atoms with Crippen molar-refractivity contribution in [1.29, 1.82) is 0 Å². The first-order valence-corrected chi connectivity index (χ1v) is 7.97. The second kappa shape index (κ2) is 6.78. The van der Waals surface area contributed by atoms with Gasteiger partial charge in [-0.3, -0.25) is 14.6 Å². The van der Waals surface area contributed by atoms with E-state index in [0.717, 1.165) is 17.7 Å². The third-order valence-electron chi connectivity index (χ3n) is 4.24. The third kappa shape index (κ3) is 3.84. The number of nitrogens with one attached hydrogen (secondary N) is 2. The molecule has 0 aliphatic heterocycles. The van der Waals surface area contributed by atoms with Crippen LogP contribution < -0.4 is 10.6 Å². The Balaban J connectivity index is 1.64. The molecule has 1 aromatic heterocycles. The summed E-state index contributed by atoms with van der Waals surface area (Å²) in [5.74, 6) is -1.04. The van der Waals surface area contributed by atoms with Gasteiger partial charge in [0.15, 0.2) is 0 Å². The molecule has 2 amide bonds. The monoisotopic (exact) mass is 363 g/mol. The summed E-state index contributed by atoms with van der Waals surface area (Å²) >= 11 is 0. The number of halogens is 3. The van der Waals surface area contributed by atoms with Crippen LogP contribution >= 0.6 is 0 Å². The van der Waals surface area contributed by atoms with E-state index in [4.69, 9.17) is 0 Å². The van der Waals surface area contributed by atoms with Crippen LogP contribution in [0.5, 0.6) is 0 Å². The fraction of sp³-hybridized carbons (Fsp3) is 0.278. The highest BCUT2D eigenvalue weighted by Crippen LogP contribution is 2.47. The molecule has 2 N–H and O–H groups in total. The molecule has 26 heavy (non-hydrogen) atoms. The molecule has 0 atom stereocenters. The normalized spacial score (nSPS) is 15.2. The molecule has 1 aliphatic carbocycles. The van der Waals surface area contributed by atoms with E-state index in [1.807, 2.05) is 0 Å². The van der Waals surface area contributed by atoms with E-state index in [0.29, 0.717) is 12.8 Å². The molecule has 0 unspecified atom stereocenters. The lowest BCUT2D eigenvalue weighted by atomic mass is 10.0. The average molecular weight is 363 g/mol. The fourth-order valence-electron chi connectivity index (χ4n) is 2.56. The van der Waals surface area contributed by atoms with Crippen molar-refractivity contribution in [2.24, 2.45) is 5.41 Å². The number of hydrogen-bond acceptors (Lipinski definition) is 3. The Morgan fingerprint density at radius 2 is 1.88 bits per heavy atom. The SMILES string of the molecule is O=C(NCc1cccnc1)C1(C(=O)Nc2cccc(C(F)(F)F)c2)CC1. The Kier molecular flexibility index (Phi) is 4.67. The predicted octanol–water partition coefficient (Wildman–Crippen LogP) is 3.14. The highest BCUT2D eigenvalue weighted by molar-refractivity contribution is 6.13. The quantitative estimate of drug-likeness (QED) is 0.802. The van der Waals surface area contributed by atoms with Gasteiger partial charge in [0.2, 0.25) is 11.8 Å². The maximum absolute atomic E-state index is 12.8. The summed E-state index contributed by atoms with van der Waals surface area (Å²) in [6.07, 6.45) is -0.578. The molecule has 0 spiro atoms. The van der Waals surface area contributed by atoms with E-state index in [1.54, 1.807) is 24.5 Å². The number of amides is 2. The third-order valence-corrected chi connectivity index (χ3v) is 4.24. The van der Waals surface area contributed by atoms with Crippen LogP contribution in [0.15, 0.2) is 48.8 Å². The van der Waals surface area contributed by atoms with Gasteiger partial charge < -0.3 is 10.6 Å². The number of alkyl halides is 3.